The van der Waals surface area contributed by atoms with Gasteiger partial charge in [-0.25, -0.2) is 0 Å². The van der Waals surface area contributed by atoms with Crippen molar-refractivity contribution in [2.75, 3.05) is 13.6 Å². The van der Waals surface area contributed by atoms with Crippen LogP contribution in [0.1, 0.15) is 10.4 Å². The minimum atomic E-state index is 1.06. The molecule has 0 spiro atoms. The molecular weight excluding hydrogens is 214 g/mol. The summed E-state index contributed by atoms with van der Waals surface area (Å²) in [4.78, 5) is 3.81. The highest BCUT2D eigenvalue weighted by molar-refractivity contribution is 7.09. The first-order chi connectivity index (χ1) is 7.84. The van der Waals surface area contributed by atoms with Crippen molar-refractivity contribution in [3.8, 4) is 0 Å². The third-order valence-electron chi connectivity index (χ3n) is 2.63. The fourth-order valence-corrected chi connectivity index (χ4v) is 2.50. The summed E-state index contributed by atoms with van der Waals surface area (Å²) in [6.45, 7) is 2.17. The van der Waals surface area contributed by atoms with Crippen LogP contribution in [0, 0.1) is 0 Å². The molecule has 0 bridgehead atoms. The van der Waals surface area contributed by atoms with Crippen molar-refractivity contribution in [3.63, 3.8) is 0 Å². The summed E-state index contributed by atoms with van der Waals surface area (Å²) in [7, 11) is 2.18. The van der Waals surface area contributed by atoms with Crippen LogP contribution in [-0.4, -0.2) is 18.5 Å². The van der Waals surface area contributed by atoms with Crippen molar-refractivity contribution < 1.29 is 0 Å². The molecule has 1 aromatic heterocycles. The van der Waals surface area contributed by atoms with Gasteiger partial charge < -0.3 is 4.90 Å². The summed E-state index contributed by atoms with van der Waals surface area (Å²) in [6.07, 6.45) is 1.13. The van der Waals surface area contributed by atoms with Crippen molar-refractivity contribution >= 4 is 11.3 Å². The van der Waals surface area contributed by atoms with Crippen molar-refractivity contribution in [1.82, 2.24) is 4.90 Å². The van der Waals surface area contributed by atoms with Crippen LogP contribution in [0.4, 0.5) is 0 Å². The Morgan fingerprint density at radius 3 is 2.56 bits per heavy atom. The van der Waals surface area contributed by atoms with E-state index in [-0.39, 0.29) is 0 Å². The highest BCUT2D eigenvalue weighted by atomic mass is 32.1. The lowest BCUT2D eigenvalue weighted by atomic mass is 10.1. The first kappa shape index (κ1) is 11.4. The van der Waals surface area contributed by atoms with Gasteiger partial charge in [0.1, 0.15) is 0 Å². The maximum absolute atomic E-state index is 2.37. The lowest BCUT2D eigenvalue weighted by molar-refractivity contribution is 0.334. The van der Waals surface area contributed by atoms with Gasteiger partial charge in [-0.05, 0) is 30.5 Å². The fourth-order valence-electron chi connectivity index (χ4n) is 1.71. The zero-order valence-corrected chi connectivity index (χ0v) is 10.4. The van der Waals surface area contributed by atoms with E-state index in [4.69, 9.17) is 0 Å². The molecule has 0 aliphatic carbocycles. The Morgan fingerprint density at radius 2 is 1.88 bits per heavy atom. The van der Waals surface area contributed by atoms with Gasteiger partial charge in [0.2, 0.25) is 0 Å². The van der Waals surface area contributed by atoms with Gasteiger partial charge in [0.15, 0.2) is 0 Å². The maximum atomic E-state index is 2.37. The van der Waals surface area contributed by atoms with Crippen LogP contribution in [0.25, 0.3) is 0 Å². The number of benzene rings is 1. The van der Waals surface area contributed by atoms with Gasteiger partial charge in [0.25, 0.3) is 0 Å². The number of thiophene rings is 1. The number of likely N-dealkylation sites (N-methyl/N-ethyl adjacent to an activating group) is 1. The quantitative estimate of drug-likeness (QED) is 0.762. The summed E-state index contributed by atoms with van der Waals surface area (Å²) in [5.41, 5.74) is 1.42. The standard InChI is InChI=1S/C14H17NS/c1-15(12-14-8-5-11-16-14)10-9-13-6-3-2-4-7-13/h2-8,11H,9-10,12H2,1H3. The Morgan fingerprint density at radius 1 is 1.06 bits per heavy atom. The second-order valence-corrected chi connectivity index (χ2v) is 5.08. The molecule has 0 aliphatic heterocycles. The van der Waals surface area contributed by atoms with Crippen LogP contribution in [0.5, 0.6) is 0 Å². The molecule has 0 aliphatic rings. The average molecular weight is 231 g/mol. The normalized spacial score (nSPS) is 10.9. The molecular formula is C14H17NS. The zero-order valence-electron chi connectivity index (χ0n) is 9.60. The van der Waals surface area contributed by atoms with Crippen LogP contribution in [0.15, 0.2) is 47.8 Å². The van der Waals surface area contributed by atoms with Crippen molar-refractivity contribution in [3.05, 3.63) is 58.3 Å². The molecule has 0 N–H and O–H groups in total. The average Bonchev–Trinajstić information content (AvgIpc) is 2.81. The van der Waals surface area contributed by atoms with E-state index >= 15 is 0 Å². The predicted octanol–water partition coefficient (Wildman–Crippen LogP) is 3.42. The molecule has 1 heterocycles. The molecule has 0 fully saturated rings. The third kappa shape index (κ3) is 3.47. The lowest BCUT2D eigenvalue weighted by Crippen LogP contribution is -2.20. The Kier molecular flexibility index (Phi) is 4.14. The van der Waals surface area contributed by atoms with E-state index in [1.807, 2.05) is 11.3 Å². The van der Waals surface area contributed by atoms with E-state index in [0.29, 0.717) is 0 Å². The number of hydrogen-bond donors (Lipinski definition) is 0. The Labute approximate surface area is 101 Å². The van der Waals surface area contributed by atoms with E-state index in [2.05, 4.69) is 59.8 Å². The maximum Gasteiger partial charge on any atom is 0.0324 e. The summed E-state index contributed by atoms with van der Waals surface area (Å²) in [5.74, 6) is 0. The van der Waals surface area contributed by atoms with Crippen molar-refractivity contribution in [2.24, 2.45) is 0 Å². The molecule has 2 aromatic rings. The molecule has 16 heavy (non-hydrogen) atoms. The first-order valence-electron chi connectivity index (χ1n) is 5.59. The molecule has 2 heteroatoms. The molecule has 0 radical (unpaired) electrons. The monoisotopic (exact) mass is 231 g/mol. The van der Waals surface area contributed by atoms with E-state index in [0.717, 1.165) is 19.5 Å². The predicted molar refractivity (Wildman–Crippen MR) is 70.8 cm³/mol. The molecule has 0 atom stereocenters. The van der Waals surface area contributed by atoms with Gasteiger partial charge in [0.05, 0.1) is 0 Å². The SMILES string of the molecule is CN(CCc1ccccc1)Cc1cccs1. The summed E-state index contributed by atoms with van der Waals surface area (Å²) in [5, 5.41) is 2.14. The van der Waals surface area contributed by atoms with Crippen molar-refractivity contribution in [1.29, 1.82) is 0 Å². The van der Waals surface area contributed by atoms with Crippen LogP contribution in [0.3, 0.4) is 0 Å². The van der Waals surface area contributed by atoms with Gasteiger partial charge >= 0.3 is 0 Å². The van der Waals surface area contributed by atoms with Gasteiger partial charge in [-0.2, -0.15) is 0 Å². The Bertz CT molecular complexity index is 394. The highest BCUT2D eigenvalue weighted by Crippen LogP contribution is 2.11. The van der Waals surface area contributed by atoms with Gasteiger partial charge in [-0.1, -0.05) is 36.4 Å². The minimum Gasteiger partial charge on any atom is -0.301 e. The minimum absolute atomic E-state index is 1.06. The number of hydrogen-bond acceptors (Lipinski definition) is 2. The van der Waals surface area contributed by atoms with Crippen LogP contribution in [-0.2, 0) is 13.0 Å². The highest BCUT2D eigenvalue weighted by Gasteiger charge is 2.01. The van der Waals surface area contributed by atoms with Crippen LogP contribution >= 0.6 is 11.3 Å². The first-order valence-corrected chi connectivity index (χ1v) is 6.47. The second-order valence-electron chi connectivity index (χ2n) is 4.05. The van der Waals surface area contributed by atoms with Crippen LogP contribution in [0.2, 0.25) is 0 Å². The van der Waals surface area contributed by atoms with Crippen LogP contribution < -0.4 is 0 Å². The van der Waals surface area contributed by atoms with E-state index in [1.165, 1.54) is 10.4 Å². The van der Waals surface area contributed by atoms with E-state index in [9.17, 15) is 0 Å². The topological polar surface area (TPSA) is 3.24 Å². The second kappa shape index (κ2) is 5.83. The van der Waals surface area contributed by atoms with Crippen molar-refractivity contribution in [2.45, 2.75) is 13.0 Å². The van der Waals surface area contributed by atoms with Gasteiger partial charge in [-0.15, -0.1) is 11.3 Å². The molecule has 1 nitrogen and oxygen atoms in total. The smallest absolute Gasteiger partial charge is 0.0324 e. The van der Waals surface area contributed by atoms with E-state index in [1.54, 1.807) is 0 Å². The summed E-state index contributed by atoms with van der Waals surface area (Å²) < 4.78 is 0. The largest absolute Gasteiger partial charge is 0.301 e. The Hall–Kier alpha value is -1.12. The van der Waals surface area contributed by atoms with E-state index < -0.39 is 0 Å². The number of rotatable bonds is 5. The fraction of sp³-hybridized carbons (Fsp3) is 0.286. The Balaban J connectivity index is 1.78. The molecule has 84 valence electrons. The zero-order chi connectivity index (χ0) is 11.2. The molecule has 0 saturated heterocycles. The molecule has 0 saturated carbocycles. The summed E-state index contributed by atoms with van der Waals surface area (Å²) >= 11 is 1.83. The van der Waals surface area contributed by atoms with Gasteiger partial charge in [-0.3, -0.25) is 0 Å². The lowest BCUT2D eigenvalue weighted by Gasteiger charge is -2.15. The molecule has 1 aromatic carbocycles. The molecule has 0 unspecified atom stereocenters. The van der Waals surface area contributed by atoms with Gasteiger partial charge in [0, 0.05) is 18.0 Å². The molecule has 0 amide bonds. The number of nitrogens with zero attached hydrogens (tertiary/aromatic N) is 1. The molecule has 2 rings (SSSR count). The summed E-state index contributed by atoms with van der Waals surface area (Å²) in [6, 6.07) is 15.0. The third-order valence-corrected chi connectivity index (χ3v) is 3.49.